The van der Waals surface area contributed by atoms with Gasteiger partial charge in [-0.15, -0.1) is 0 Å². The fourth-order valence-corrected chi connectivity index (χ4v) is 1.71. The zero-order valence-corrected chi connectivity index (χ0v) is 11.6. The Bertz CT molecular complexity index is 437. The minimum atomic E-state index is -0.818. The van der Waals surface area contributed by atoms with Crippen LogP contribution in [0.25, 0.3) is 0 Å². The van der Waals surface area contributed by atoms with E-state index >= 15 is 0 Å². The summed E-state index contributed by atoms with van der Waals surface area (Å²) in [5.74, 6) is -0.947. The molecule has 6 heteroatoms. The van der Waals surface area contributed by atoms with E-state index in [9.17, 15) is 9.59 Å². The standard InChI is InChI=1S/C12H15BrN2O3/c1-8(5-6-11(16)17)7-14-12(18)9-3-2-4-10(13)15-9/h2-4,8H,5-7H2,1H3,(H,14,18)(H,16,17). The Morgan fingerprint density at radius 3 is 2.83 bits per heavy atom. The number of carbonyl (C=O) groups excluding carboxylic acids is 1. The van der Waals surface area contributed by atoms with Crippen molar-refractivity contribution >= 4 is 27.8 Å². The molecule has 0 aliphatic heterocycles. The van der Waals surface area contributed by atoms with Crippen LogP contribution in [0, 0.1) is 5.92 Å². The van der Waals surface area contributed by atoms with Crippen LogP contribution in [0.2, 0.25) is 0 Å². The van der Waals surface area contributed by atoms with Crippen LogP contribution >= 0.6 is 15.9 Å². The van der Waals surface area contributed by atoms with Crippen molar-refractivity contribution in [3.05, 3.63) is 28.5 Å². The summed E-state index contributed by atoms with van der Waals surface area (Å²) in [7, 11) is 0. The number of carboxylic acid groups (broad SMARTS) is 1. The summed E-state index contributed by atoms with van der Waals surface area (Å²) in [4.78, 5) is 26.2. The van der Waals surface area contributed by atoms with E-state index in [0.29, 0.717) is 23.3 Å². The molecule has 1 rings (SSSR count). The largest absolute Gasteiger partial charge is 0.481 e. The van der Waals surface area contributed by atoms with Crippen LogP contribution in [0.15, 0.2) is 22.8 Å². The maximum atomic E-state index is 11.7. The van der Waals surface area contributed by atoms with Crippen LogP contribution in [0.1, 0.15) is 30.3 Å². The number of rotatable bonds is 6. The third-order valence-corrected chi connectivity index (χ3v) is 2.85. The van der Waals surface area contributed by atoms with Gasteiger partial charge in [0.15, 0.2) is 0 Å². The van der Waals surface area contributed by atoms with Gasteiger partial charge in [0.2, 0.25) is 0 Å². The Morgan fingerprint density at radius 2 is 2.22 bits per heavy atom. The minimum Gasteiger partial charge on any atom is -0.481 e. The zero-order valence-electron chi connectivity index (χ0n) is 10.0. The van der Waals surface area contributed by atoms with Crippen LogP contribution in [0.4, 0.5) is 0 Å². The average molecular weight is 315 g/mol. The van der Waals surface area contributed by atoms with Gasteiger partial charge in [-0.05, 0) is 40.4 Å². The summed E-state index contributed by atoms with van der Waals surface area (Å²) in [6.45, 7) is 2.35. The lowest BCUT2D eigenvalue weighted by Gasteiger charge is -2.11. The zero-order chi connectivity index (χ0) is 13.5. The number of nitrogens with one attached hydrogen (secondary N) is 1. The lowest BCUT2D eigenvalue weighted by molar-refractivity contribution is -0.137. The predicted octanol–water partition coefficient (Wildman–Crippen LogP) is 2.07. The second kappa shape index (κ2) is 7.10. The Labute approximate surface area is 114 Å². The predicted molar refractivity (Wildman–Crippen MR) is 70.3 cm³/mol. The molecule has 1 atom stereocenters. The molecule has 0 radical (unpaired) electrons. The molecule has 0 aliphatic carbocycles. The van der Waals surface area contributed by atoms with E-state index in [1.807, 2.05) is 6.92 Å². The summed E-state index contributed by atoms with van der Waals surface area (Å²) >= 11 is 3.19. The van der Waals surface area contributed by atoms with Gasteiger partial charge in [-0.2, -0.15) is 0 Å². The molecule has 0 saturated heterocycles. The van der Waals surface area contributed by atoms with Crippen LogP contribution in [-0.2, 0) is 4.79 Å². The third kappa shape index (κ3) is 5.27. The minimum absolute atomic E-state index is 0.117. The van der Waals surface area contributed by atoms with Crippen molar-refractivity contribution in [1.82, 2.24) is 10.3 Å². The van der Waals surface area contributed by atoms with Gasteiger partial charge < -0.3 is 10.4 Å². The van der Waals surface area contributed by atoms with Crippen LogP contribution in [-0.4, -0.2) is 28.5 Å². The van der Waals surface area contributed by atoms with Gasteiger partial charge in [0, 0.05) is 13.0 Å². The highest BCUT2D eigenvalue weighted by molar-refractivity contribution is 9.10. The molecule has 0 aromatic carbocycles. The third-order valence-electron chi connectivity index (χ3n) is 2.41. The fraction of sp³-hybridized carbons (Fsp3) is 0.417. The number of hydrogen-bond acceptors (Lipinski definition) is 3. The molecule has 0 fully saturated rings. The quantitative estimate of drug-likeness (QED) is 0.788. The first-order valence-corrected chi connectivity index (χ1v) is 6.41. The molecule has 1 amide bonds. The normalized spacial score (nSPS) is 11.9. The molecule has 0 aliphatic rings. The Kier molecular flexibility index (Phi) is 5.77. The molecule has 18 heavy (non-hydrogen) atoms. The van der Waals surface area contributed by atoms with E-state index in [1.165, 1.54) is 0 Å². The van der Waals surface area contributed by atoms with E-state index in [-0.39, 0.29) is 18.2 Å². The number of pyridine rings is 1. The average Bonchev–Trinajstić information content (AvgIpc) is 2.33. The SMILES string of the molecule is CC(CCC(=O)O)CNC(=O)c1cccc(Br)n1. The van der Waals surface area contributed by atoms with Crippen molar-refractivity contribution in [2.45, 2.75) is 19.8 Å². The van der Waals surface area contributed by atoms with Crippen molar-refractivity contribution < 1.29 is 14.7 Å². The van der Waals surface area contributed by atoms with Crippen LogP contribution in [0.5, 0.6) is 0 Å². The molecule has 0 spiro atoms. The monoisotopic (exact) mass is 314 g/mol. The highest BCUT2D eigenvalue weighted by Gasteiger charge is 2.10. The first-order valence-electron chi connectivity index (χ1n) is 5.61. The van der Waals surface area contributed by atoms with E-state index in [1.54, 1.807) is 18.2 Å². The van der Waals surface area contributed by atoms with Crippen molar-refractivity contribution in [2.24, 2.45) is 5.92 Å². The van der Waals surface area contributed by atoms with E-state index in [4.69, 9.17) is 5.11 Å². The molecular weight excluding hydrogens is 300 g/mol. The Balaban J connectivity index is 2.39. The van der Waals surface area contributed by atoms with Crippen LogP contribution in [0.3, 0.4) is 0 Å². The molecule has 1 unspecified atom stereocenters. The number of nitrogens with zero attached hydrogens (tertiary/aromatic N) is 1. The molecule has 98 valence electrons. The van der Waals surface area contributed by atoms with Crippen molar-refractivity contribution in [3.63, 3.8) is 0 Å². The molecule has 0 bridgehead atoms. The Morgan fingerprint density at radius 1 is 1.50 bits per heavy atom. The molecule has 1 aromatic heterocycles. The number of carbonyl (C=O) groups is 2. The summed E-state index contributed by atoms with van der Waals surface area (Å²) in [6, 6.07) is 5.11. The first-order chi connectivity index (χ1) is 8.49. The van der Waals surface area contributed by atoms with Gasteiger partial charge in [0.1, 0.15) is 10.3 Å². The van der Waals surface area contributed by atoms with Gasteiger partial charge in [0.05, 0.1) is 0 Å². The Hall–Kier alpha value is -1.43. The second-order valence-corrected chi connectivity index (χ2v) is 4.91. The number of halogens is 1. The van der Waals surface area contributed by atoms with Gasteiger partial charge in [0.25, 0.3) is 5.91 Å². The molecule has 1 aromatic rings. The topological polar surface area (TPSA) is 79.3 Å². The van der Waals surface area contributed by atoms with Gasteiger partial charge in [-0.25, -0.2) is 4.98 Å². The first kappa shape index (κ1) is 14.6. The number of hydrogen-bond donors (Lipinski definition) is 2. The number of carboxylic acids is 1. The summed E-state index contributed by atoms with van der Waals surface area (Å²) in [5, 5.41) is 11.3. The van der Waals surface area contributed by atoms with Crippen LogP contribution < -0.4 is 5.32 Å². The van der Waals surface area contributed by atoms with E-state index in [0.717, 1.165) is 0 Å². The van der Waals surface area contributed by atoms with E-state index < -0.39 is 5.97 Å². The summed E-state index contributed by atoms with van der Waals surface area (Å²) < 4.78 is 0.606. The number of amides is 1. The van der Waals surface area contributed by atoms with Crippen molar-refractivity contribution in [1.29, 1.82) is 0 Å². The van der Waals surface area contributed by atoms with Gasteiger partial charge >= 0.3 is 5.97 Å². The molecule has 2 N–H and O–H groups in total. The van der Waals surface area contributed by atoms with Gasteiger partial charge in [-0.3, -0.25) is 9.59 Å². The molecule has 5 nitrogen and oxygen atoms in total. The van der Waals surface area contributed by atoms with Crippen molar-refractivity contribution in [2.75, 3.05) is 6.54 Å². The molecule has 1 heterocycles. The lowest BCUT2D eigenvalue weighted by Crippen LogP contribution is -2.29. The summed E-state index contributed by atoms with van der Waals surface area (Å²) in [5.41, 5.74) is 0.342. The lowest BCUT2D eigenvalue weighted by atomic mass is 10.1. The van der Waals surface area contributed by atoms with Crippen molar-refractivity contribution in [3.8, 4) is 0 Å². The summed E-state index contributed by atoms with van der Waals surface area (Å²) in [6.07, 6.45) is 0.660. The maximum Gasteiger partial charge on any atom is 0.303 e. The fourth-order valence-electron chi connectivity index (χ4n) is 1.36. The highest BCUT2D eigenvalue weighted by Crippen LogP contribution is 2.07. The highest BCUT2D eigenvalue weighted by atomic mass is 79.9. The van der Waals surface area contributed by atoms with Gasteiger partial charge in [-0.1, -0.05) is 13.0 Å². The van der Waals surface area contributed by atoms with E-state index in [2.05, 4.69) is 26.2 Å². The number of aliphatic carboxylic acids is 1. The second-order valence-electron chi connectivity index (χ2n) is 4.09. The smallest absolute Gasteiger partial charge is 0.303 e. The molecular formula is C12H15BrN2O3. The maximum absolute atomic E-state index is 11.7. The number of aromatic nitrogens is 1. The molecule has 0 saturated carbocycles.